The summed E-state index contributed by atoms with van der Waals surface area (Å²) < 4.78 is 29.9. The average molecular weight is 236 g/mol. The van der Waals surface area contributed by atoms with Crippen LogP contribution in [-0.2, 0) is 6.54 Å². The number of hydrogen-bond donors (Lipinski definition) is 1. The van der Waals surface area contributed by atoms with Crippen LogP contribution in [0.25, 0.3) is 0 Å². The molecule has 0 atom stereocenters. The quantitative estimate of drug-likeness (QED) is 0.871. The zero-order chi connectivity index (χ0) is 11.5. The summed E-state index contributed by atoms with van der Waals surface area (Å²) in [6, 6.07) is 4.74. The Morgan fingerprint density at radius 1 is 1.40 bits per heavy atom. The number of hydrogen-bond acceptors (Lipinski definition) is 2. The number of ether oxygens (including phenoxy) is 1. The summed E-state index contributed by atoms with van der Waals surface area (Å²) in [5, 5.41) is 0.423. The Morgan fingerprint density at radius 2 is 2.07 bits per heavy atom. The summed E-state index contributed by atoms with van der Waals surface area (Å²) in [6.45, 7) is 0.415. The molecule has 1 rings (SSSR count). The lowest BCUT2D eigenvalue weighted by molar-refractivity contribution is -0.0229. The van der Waals surface area contributed by atoms with Crippen LogP contribution < -0.4 is 10.5 Å². The van der Waals surface area contributed by atoms with Gasteiger partial charge in [0.15, 0.2) is 6.61 Å². The minimum absolute atomic E-state index is 0.291. The second-order valence-electron chi connectivity index (χ2n) is 3.36. The Balaban J connectivity index is 2.73. The lowest BCUT2D eigenvalue weighted by Crippen LogP contribution is -2.20. The van der Waals surface area contributed by atoms with E-state index in [1.165, 1.54) is 6.07 Å². The second-order valence-corrected chi connectivity index (χ2v) is 3.79. The largest absolute Gasteiger partial charge is 0.487 e. The van der Waals surface area contributed by atoms with Gasteiger partial charge in [0.25, 0.3) is 5.92 Å². The minimum Gasteiger partial charge on any atom is -0.487 e. The lowest BCUT2D eigenvalue weighted by Gasteiger charge is -2.12. The van der Waals surface area contributed by atoms with Crippen molar-refractivity contribution in [1.82, 2.24) is 0 Å². The van der Waals surface area contributed by atoms with E-state index in [0.29, 0.717) is 17.3 Å². The molecule has 0 aliphatic heterocycles. The van der Waals surface area contributed by atoms with Gasteiger partial charge in [-0.1, -0.05) is 11.6 Å². The highest BCUT2D eigenvalue weighted by Crippen LogP contribution is 2.22. The zero-order valence-corrected chi connectivity index (χ0v) is 9.02. The lowest BCUT2D eigenvalue weighted by atomic mass is 10.2. The van der Waals surface area contributed by atoms with Gasteiger partial charge in [0.05, 0.1) is 0 Å². The Labute approximate surface area is 92.0 Å². The molecule has 0 amide bonds. The van der Waals surface area contributed by atoms with E-state index >= 15 is 0 Å². The van der Waals surface area contributed by atoms with E-state index in [0.717, 1.165) is 12.5 Å². The van der Waals surface area contributed by atoms with Crippen LogP contribution in [0.5, 0.6) is 5.75 Å². The maximum absolute atomic E-state index is 12.5. The average Bonchev–Trinajstić information content (AvgIpc) is 2.13. The monoisotopic (exact) mass is 235 g/mol. The van der Waals surface area contributed by atoms with Crippen molar-refractivity contribution in [2.75, 3.05) is 6.61 Å². The van der Waals surface area contributed by atoms with E-state index in [4.69, 9.17) is 22.1 Å². The third kappa shape index (κ3) is 4.44. The molecule has 1 aromatic carbocycles. The molecular formula is C10H12ClF2NO. The van der Waals surface area contributed by atoms with Gasteiger partial charge in [-0.25, -0.2) is 8.78 Å². The van der Waals surface area contributed by atoms with Crippen molar-refractivity contribution in [3.63, 3.8) is 0 Å². The van der Waals surface area contributed by atoms with Crippen LogP contribution in [-0.4, -0.2) is 12.5 Å². The topological polar surface area (TPSA) is 35.2 Å². The fraction of sp³-hybridized carbons (Fsp3) is 0.400. The Kier molecular flexibility index (Phi) is 3.88. The molecule has 1 aromatic rings. The predicted octanol–water partition coefficient (Wildman–Crippen LogP) is 2.83. The first-order valence-corrected chi connectivity index (χ1v) is 4.79. The van der Waals surface area contributed by atoms with Gasteiger partial charge in [0, 0.05) is 18.5 Å². The van der Waals surface area contributed by atoms with E-state index in [2.05, 4.69) is 0 Å². The van der Waals surface area contributed by atoms with Gasteiger partial charge in [-0.15, -0.1) is 0 Å². The first-order valence-electron chi connectivity index (χ1n) is 4.41. The zero-order valence-electron chi connectivity index (χ0n) is 8.27. The Hall–Kier alpha value is -0.870. The summed E-state index contributed by atoms with van der Waals surface area (Å²) in [5.41, 5.74) is 6.15. The van der Waals surface area contributed by atoms with Crippen molar-refractivity contribution in [2.45, 2.75) is 19.4 Å². The molecule has 84 valence electrons. The van der Waals surface area contributed by atoms with Gasteiger partial charge in [-0.2, -0.15) is 0 Å². The molecule has 2 N–H and O–H groups in total. The van der Waals surface area contributed by atoms with Crippen LogP contribution >= 0.6 is 11.6 Å². The summed E-state index contributed by atoms with van der Waals surface area (Å²) in [4.78, 5) is 0. The second kappa shape index (κ2) is 4.77. The van der Waals surface area contributed by atoms with Gasteiger partial charge in [0.2, 0.25) is 0 Å². The summed E-state index contributed by atoms with van der Waals surface area (Å²) >= 11 is 5.76. The summed E-state index contributed by atoms with van der Waals surface area (Å²) in [6.07, 6.45) is 0. The highest BCUT2D eigenvalue weighted by molar-refractivity contribution is 6.30. The molecular weight excluding hydrogens is 224 g/mol. The van der Waals surface area contributed by atoms with Gasteiger partial charge in [-0.3, -0.25) is 0 Å². The third-order valence-corrected chi connectivity index (χ3v) is 1.88. The number of benzene rings is 1. The van der Waals surface area contributed by atoms with Crippen molar-refractivity contribution in [2.24, 2.45) is 5.73 Å². The standard InChI is InChI=1S/C10H12ClF2NO/c1-10(12,13)6-15-9-3-7(5-14)2-8(11)4-9/h2-4H,5-6,14H2,1H3. The molecule has 0 fully saturated rings. The molecule has 0 aromatic heterocycles. The van der Waals surface area contributed by atoms with Crippen molar-refractivity contribution >= 4 is 11.6 Å². The minimum atomic E-state index is -2.86. The van der Waals surface area contributed by atoms with E-state index in [-0.39, 0.29) is 0 Å². The molecule has 0 radical (unpaired) electrons. The van der Waals surface area contributed by atoms with E-state index in [9.17, 15) is 8.78 Å². The Morgan fingerprint density at radius 3 is 2.60 bits per heavy atom. The van der Waals surface area contributed by atoms with Crippen molar-refractivity contribution in [1.29, 1.82) is 0 Å². The fourth-order valence-corrected chi connectivity index (χ4v) is 1.28. The highest BCUT2D eigenvalue weighted by atomic mass is 35.5. The molecule has 2 nitrogen and oxygen atoms in total. The third-order valence-electron chi connectivity index (χ3n) is 1.66. The number of nitrogens with two attached hydrogens (primary N) is 1. The molecule has 0 aliphatic carbocycles. The van der Waals surface area contributed by atoms with Crippen molar-refractivity contribution < 1.29 is 13.5 Å². The molecule has 0 saturated heterocycles. The molecule has 0 saturated carbocycles. The van der Waals surface area contributed by atoms with Gasteiger partial charge < -0.3 is 10.5 Å². The van der Waals surface area contributed by atoms with E-state index in [1.807, 2.05) is 0 Å². The number of alkyl halides is 2. The van der Waals surface area contributed by atoms with Crippen LogP contribution in [0.2, 0.25) is 5.02 Å². The first kappa shape index (κ1) is 12.2. The first-order chi connectivity index (χ1) is 6.90. The summed E-state index contributed by atoms with van der Waals surface area (Å²) in [5.74, 6) is -2.55. The molecule has 0 aliphatic rings. The van der Waals surface area contributed by atoms with Crippen LogP contribution in [0.3, 0.4) is 0 Å². The van der Waals surface area contributed by atoms with Crippen LogP contribution in [0, 0.1) is 0 Å². The van der Waals surface area contributed by atoms with E-state index in [1.54, 1.807) is 12.1 Å². The smallest absolute Gasteiger partial charge is 0.278 e. The van der Waals surface area contributed by atoms with Crippen LogP contribution in [0.1, 0.15) is 12.5 Å². The SMILES string of the molecule is CC(F)(F)COc1cc(Cl)cc(CN)c1. The molecule has 15 heavy (non-hydrogen) atoms. The molecule has 0 heterocycles. The maximum Gasteiger partial charge on any atom is 0.278 e. The number of halogens is 3. The van der Waals surface area contributed by atoms with Crippen molar-refractivity contribution in [3.05, 3.63) is 28.8 Å². The van der Waals surface area contributed by atoms with Gasteiger partial charge in [0.1, 0.15) is 5.75 Å². The fourth-order valence-electron chi connectivity index (χ4n) is 1.03. The normalized spacial score (nSPS) is 11.5. The van der Waals surface area contributed by atoms with Crippen LogP contribution in [0.15, 0.2) is 18.2 Å². The predicted molar refractivity (Wildman–Crippen MR) is 55.5 cm³/mol. The van der Waals surface area contributed by atoms with Gasteiger partial charge >= 0.3 is 0 Å². The van der Waals surface area contributed by atoms with Crippen LogP contribution in [0.4, 0.5) is 8.78 Å². The molecule has 0 unspecified atom stereocenters. The summed E-state index contributed by atoms with van der Waals surface area (Å²) in [7, 11) is 0. The number of rotatable bonds is 4. The maximum atomic E-state index is 12.5. The molecule has 0 bridgehead atoms. The molecule has 0 spiro atoms. The molecule has 5 heteroatoms. The highest BCUT2D eigenvalue weighted by Gasteiger charge is 2.22. The van der Waals surface area contributed by atoms with Gasteiger partial charge in [-0.05, 0) is 23.8 Å². The Bertz CT molecular complexity index is 339. The van der Waals surface area contributed by atoms with Crippen molar-refractivity contribution in [3.8, 4) is 5.75 Å². The van der Waals surface area contributed by atoms with E-state index < -0.39 is 12.5 Å².